The van der Waals surface area contributed by atoms with Crippen LogP contribution in [-0.2, 0) is 24.3 Å². The molecule has 0 saturated carbocycles. The maximum atomic E-state index is 8.30. The fourth-order valence-corrected chi connectivity index (χ4v) is 0. The molecule has 0 atom stereocenters. The first-order chi connectivity index (χ1) is 1.00. The molecular weight excluding hydrogens is 485 g/mol. The predicted octanol–water partition coefficient (Wildman–Crippen LogP) is -1.31. The van der Waals surface area contributed by atoms with Gasteiger partial charge in [-0.3, -0.25) is 0 Å². The molecule has 0 heterocycles. The topological polar surface area (TPSA) is 17.1 Å². The van der Waals surface area contributed by atoms with E-state index in [4.69, 9.17) is 3.25 Å². The third-order valence-electron chi connectivity index (χ3n) is 0. The molecule has 4 heavy (non-hydrogen) atoms. The molecule has 0 saturated heterocycles. The number of hydrogen-bond donors (Lipinski definition) is 0. The summed E-state index contributed by atoms with van der Waals surface area (Å²) in [5.41, 5.74) is 0. The van der Waals surface area contributed by atoms with E-state index in [0.717, 1.165) is 0 Å². The van der Waals surface area contributed by atoms with Crippen LogP contribution in [0, 0.1) is 37.3 Å². The van der Waals surface area contributed by atoms with Crippen LogP contribution in [0.1, 0.15) is 0 Å². The van der Waals surface area contributed by atoms with Gasteiger partial charge in [-0.1, -0.05) is 0 Å². The van der Waals surface area contributed by atoms with Crippen LogP contribution in [-0.4, -0.2) is 26.2 Å². The molecule has 4 heteroatoms. The molecular formula is H3BiErNbO. The Bertz CT molecular complexity index is 8.00. The zero-order chi connectivity index (χ0) is 2.00. The number of rotatable bonds is 0. The van der Waals surface area contributed by atoms with Crippen molar-refractivity contribution in [1.29, 1.82) is 0 Å². The molecule has 0 aliphatic heterocycles. The Morgan fingerprint density at radius 3 is 1.25 bits per heavy atom. The van der Waals surface area contributed by atoms with E-state index in [2.05, 4.69) is 0 Å². The molecule has 0 aliphatic rings. The predicted molar refractivity (Wildman–Crippen MR) is 10.6 cm³/mol. The van der Waals surface area contributed by atoms with Crippen molar-refractivity contribution in [2.45, 2.75) is 0 Å². The summed E-state index contributed by atoms with van der Waals surface area (Å²) in [6.45, 7) is 0. The molecule has 1 nitrogen and oxygen atoms in total. The molecule has 0 radical (unpaired) electrons. The molecule has 0 aromatic heterocycles. The van der Waals surface area contributed by atoms with Gasteiger partial charge >= 0.3 is 50.5 Å². The Morgan fingerprint density at radius 2 is 1.25 bits per heavy atom. The van der Waals surface area contributed by atoms with Crippen LogP contribution in [0.25, 0.3) is 0 Å². The molecule has 0 aromatic carbocycles. The average Bonchev–Trinajstić information content (AvgIpc) is 1.00. The average molecular weight is 488 g/mol. The van der Waals surface area contributed by atoms with Crippen LogP contribution < -0.4 is 0 Å². The molecule has 31 valence electrons. The van der Waals surface area contributed by atoms with Crippen LogP contribution >= 0.6 is 0 Å². The van der Waals surface area contributed by atoms with Gasteiger partial charge in [-0.05, 0) is 0 Å². The van der Waals surface area contributed by atoms with Gasteiger partial charge in [0, 0.05) is 37.3 Å². The van der Waals surface area contributed by atoms with Crippen molar-refractivity contribution in [3.63, 3.8) is 0 Å². The third kappa shape index (κ3) is 8.82. The van der Waals surface area contributed by atoms with Gasteiger partial charge < -0.3 is 0 Å². The van der Waals surface area contributed by atoms with Gasteiger partial charge in [0.25, 0.3) is 0 Å². The van der Waals surface area contributed by atoms with Crippen LogP contribution in [0.3, 0.4) is 0 Å². The minimum atomic E-state index is 0. The second-order valence-corrected chi connectivity index (χ2v) is 0. The third-order valence-corrected chi connectivity index (χ3v) is 0. The summed E-state index contributed by atoms with van der Waals surface area (Å²) < 4.78 is 8.30. The SMILES string of the molecule is [BiH3].[Er].[O]=[Nb]. The summed E-state index contributed by atoms with van der Waals surface area (Å²) in [6.07, 6.45) is 0. The number of hydrogen-bond acceptors (Lipinski definition) is 1. The Balaban J connectivity index is -0.00000000500. The van der Waals surface area contributed by atoms with Crippen molar-refractivity contribution in [1.82, 2.24) is 0 Å². The van der Waals surface area contributed by atoms with E-state index >= 15 is 0 Å². The maximum absolute atomic E-state index is 8.30. The molecule has 0 amide bonds. The molecule has 0 N–H and O–H groups in total. The Hall–Kier alpha value is 2.67. The molecule has 0 spiro atoms. The summed E-state index contributed by atoms with van der Waals surface area (Å²) in [5.74, 6) is 0. The fraction of sp³-hybridized carbons (Fsp3) is 0. The summed E-state index contributed by atoms with van der Waals surface area (Å²) in [5, 5.41) is 0. The first kappa shape index (κ1) is 15.9. The van der Waals surface area contributed by atoms with E-state index in [0.29, 0.717) is 21.0 Å². The van der Waals surface area contributed by atoms with E-state index < -0.39 is 0 Å². The zero-order valence-corrected chi connectivity index (χ0v) is 11.4. The van der Waals surface area contributed by atoms with Gasteiger partial charge in [-0.15, -0.1) is 0 Å². The molecule has 0 rings (SSSR count). The van der Waals surface area contributed by atoms with E-state index in [9.17, 15) is 0 Å². The Kier molecular flexibility index (Phi) is 69.0. The summed E-state index contributed by atoms with van der Waals surface area (Å²) in [7, 11) is 0. The van der Waals surface area contributed by atoms with Gasteiger partial charge in [-0.25, -0.2) is 0 Å². The standard InChI is InChI=1S/Bi.Er.Nb.O.3H. The molecule has 0 aromatic rings. The first-order valence-electron chi connectivity index (χ1n) is 0.183. The summed E-state index contributed by atoms with van der Waals surface area (Å²) in [4.78, 5) is 0. The fourth-order valence-electron chi connectivity index (χ4n) is 0. The molecule has 0 unspecified atom stereocenters. The Labute approximate surface area is 85.9 Å². The van der Waals surface area contributed by atoms with Gasteiger partial charge in [0.1, 0.15) is 0 Å². The minimum absolute atomic E-state index is 0. The first-order valence-corrected chi connectivity index (χ1v) is 1.08. The van der Waals surface area contributed by atoms with Crippen molar-refractivity contribution < 1.29 is 61.6 Å². The van der Waals surface area contributed by atoms with E-state index in [1.54, 1.807) is 0 Å². The van der Waals surface area contributed by atoms with Crippen molar-refractivity contribution in [2.75, 3.05) is 0 Å². The van der Waals surface area contributed by atoms with Crippen LogP contribution in [0.15, 0.2) is 0 Å². The molecule has 0 bridgehead atoms. The van der Waals surface area contributed by atoms with E-state index in [1.165, 1.54) is 0 Å². The zero-order valence-electron chi connectivity index (χ0n) is 1.85. The monoisotopic (exact) mass is 487 g/mol. The van der Waals surface area contributed by atoms with Gasteiger partial charge in [0.05, 0.1) is 0 Å². The summed E-state index contributed by atoms with van der Waals surface area (Å²) in [6, 6.07) is 0. The van der Waals surface area contributed by atoms with Gasteiger partial charge in [-0.2, -0.15) is 0 Å². The van der Waals surface area contributed by atoms with Crippen LogP contribution in [0.2, 0.25) is 0 Å². The second kappa shape index (κ2) is 17.3. The van der Waals surface area contributed by atoms with Crippen molar-refractivity contribution >= 4 is 26.2 Å². The normalized spacial score (nSPS) is 0.750. The quantitative estimate of drug-likeness (QED) is 0.388. The van der Waals surface area contributed by atoms with Gasteiger partial charge in [0.2, 0.25) is 0 Å². The van der Waals surface area contributed by atoms with Crippen molar-refractivity contribution in [3.05, 3.63) is 0 Å². The van der Waals surface area contributed by atoms with Crippen LogP contribution in [0.5, 0.6) is 0 Å². The van der Waals surface area contributed by atoms with E-state index in [1.807, 2.05) is 0 Å². The molecule has 0 fully saturated rings. The second-order valence-electron chi connectivity index (χ2n) is 0. The Morgan fingerprint density at radius 1 is 1.25 bits per heavy atom. The molecule has 0 aliphatic carbocycles. The van der Waals surface area contributed by atoms with Crippen molar-refractivity contribution in [3.8, 4) is 0 Å². The van der Waals surface area contributed by atoms with Gasteiger partial charge in [0.15, 0.2) is 0 Å². The van der Waals surface area contributed by atoms with E-state index in [-0.39, 0.29) is 63.5 Å². The summed E-state index contributed by atoms with van der Waals surface area (Å²) >= 11 is 0.500. The van der Waals surface area contributed by atoms with Crippen LogP contribution in [0.4, 0.5) is 0 Å². The van der Waals surface area contributed by atoms with Crippen molar-refractivity contribution in [2.24, 2.45) is 0 Å².